The van der Waals surface area contributed by atoms with Crippen LogP contribution in [0.4, 0.5) is 17.1 Å². The van der Waals surface area contributed by atoms with E-state index in [9.17, 15) is 19.7 Å². The van der Waals surface area contributed by atoms with E-state index in [1.807, 2.05) is 19.1 Å². The van der Waals surface area contributed by atoms with E-state index in [1.54, 1.807) is 4.90 Å². The second-order valence-corrected chi connectivity index (χ2v) is 6.96. The second kappa shape index (κ2) is 6.95. The number of anilines is 2. The summed E-state index contributed by atoms with van der Waals surface area (Å²) in [5.74, 6) is -0.271. The predicted octanol–water partition coefficient (Wildman–Crippen LogP) is 2.61. The molecule has 2 aromatic carbocycles. The summed E-state index contributed by atoms with van der Waals surface area (Å²) < 4.78 is 5.36. The lowest BCUT2D eigenvalue weighted by Crippen LogP contribution is -2.47. The molecule has 2 heterocycles. The molecule has 8 nitrogen and oxygen atoms in total. The molecule has 2 aromatic rings. The molecular formula is C20H19N3O5. The number of nitro benzene ring substituents is 1. The number of carbonyl (C=O) groups is 2. The summed E-state index contributed by atoms with van der Waals surface area (Å²) in [5, 5.41) is 11.1. The average molecular weight is 381 g/mol. The van der Waals surface area contributed by atoms with Crippen LogP contribution in [-0.2, 0) is 16.0 Å². The number of nitrogens with zero attached hydrogens (tertiary/aromatic N) is 3. The lowest BCUT2D eigenvalue weighted by atomic mass is 9.99. The van der Waals surface area contributed by atoms with Crippen LogP contribution in [-0.4, -0.2) is 36.4 Å². The molecule has 2 aliphatic rings. The first-order valence-electron chi connectivity index (χ1n) is 9.05. The van der Waals surface area contributed by atoms with Crippen LogP contribution in [0.2, 0.25) is 0 Å². The molecule has 0 N–H and O–H groups in total. The molecule has 8 heteroatoms. The average Bonchev–Trinajstić information content (AvgIpc) is 2.68. The Morgan fingerprint density at radius 1 is 1.21 bits per heavy atom. The number of hydrogen-bond acceptors (Lipinski definition) is 5. The van der Waals surface area contributed by atoms with Gasteiger partial charge in [0.2, 0.25) is 5.91 Å². The van der Waals surface area contributed by atoms with E-state index in [0.717, 1.165) is 29.7 Å². The summed E-state index contributed by atoms with van der Waals surface area (Å²) >= 11 is 0. The molecule has 2 amide bonds. The zero-order valence-corrected chi connectivity index (χ0v) is 15.4. The SMILES string of the molecule is Cc1ccc2c(c1)CCCN2C(=O)CN1C(=O)COc2ccc([N+](=O)[O-])cc21. The fraction of sp³-hybridized carbons (Fsp3) is 0.300. The Morgan fingerprint density at radius 2 is 2.04 bits per heavy atom. The molecule has 0 aliphatic carbocycles. The second-order valence-electron chi connectivity index (χ2n) is 6.96. The molecule has 144 valence electrons. The van der Waals surface area contributed by atoms with Crippen molar-refractivity contribution in [1.29, 1.82) is 0 Å². The third kappa shape index (κ3) is 3.17. The van der Waals surface area contributed by atoms with E-state index >= 15 is 0 Å². The number of benzene rings is 2. The summed E-state index contributed by atoms with van der Waals surface area (Å²) in [6.07, 6.45) is 1.76. The van der Waals surface area contributed by atoms with E-state index in [4.69, 9.17) is 4.74 Å². The van der Waals surface area contributed by atoms with Gasteiger partial charge < -0.3 is 9.64 Å². The number of non-ortho nitro benzene ring substituents is 1. The Balaban J connectivity index is 1.63. The molecule has 0 atom stereocenters. The van der Waals surface area contributed by atoms with Gasteiger partial charge >= 0.3 is 0 Å². The maximum absolute atomic E-state index is 13.0. The van der Waals surface area contributed by atoms with E-state index in [-0.39, 0.29) is 30.4 Å². The first kappa shape index (κ1) is 18.0. The molecule has 0 saturated heterocycles. The Kier molecular flexibility index (Phi) is 4.46. The normalized spacial score (nSPS) is 15.5. The van der Waals surface area contributed by atoms with Crippen molar-refractivity contribution in [2.24, 2.45) is 0 Å². The minimum absolute atomic E-state index is 0.159. The van der Waals surface area contributed by atoms with E-state index in [0.29, 0.717) is 12.3 Å². The number of aryl methyl sites for hydroxylation is 2. The van der Waals surface area contributed by atoms with Crippen LogP contribution in [0.25, 0.3) is 0 Å². The quantitative estimate of drug-likeness (QED) is 0.602. The van der Waals surface area contributed by atoms with Crippen molar-refractivity contribution >= 4 is 28.9 Å². The van der Waals surface area contributed by atoms with Gasteiger partial charge in [0.25, 0.3) is 11.6 Å². The van der Waals surface area contributed by atoms with E-state index in [2.05, 4.69) is 6.07 Å². The van der Waals surface area contributed by atoms with Gasteiger partial charge in [-0.3, -0.25) is 24.6 Å². The first-order chi connectivity index (χ1) is 13.4. The monoisotopic (exact) mass is 381 g/mol. The van der Waals surface area contributed by atoms with Crippen LogP contribution in [0.1, 0.15) is 17.5 Å². The Morgan fingerprint density at radius 3 is 2.82 bits per heavy atom. The van der Waals surface area contributed by atoms with Crippen molar-refractivity contribution in [3.63, 3.8) is 0 Å². The van der Waals surface area contributed by atoms with Gasteiger partial charge in [0.05, 0.1) is 10.6 Å². The number of ether oxygens (including phenoxy) is 1. The summed E-state index contributed by atoms with van der Waals surface area (Å²) in [7, 11) is 0. The molecule has 0 saturated carbocycles. The van der Waals surface area contributed by atoms with Crippen molar-refractivity contribution in [2.45, 2.75) is 19.8 Å². The summed E-state index contributed by atoms with van der Waals surface area (Å²) in [4.78, 5) is 39.0. The van der Waals surface area contributed by atoms with Gasteiger partial charge in [0.1, 0.15) is 12.3 Å². The maximum Gasteiger partial charge on any atom is 0.271 e. The number of fused-ring (bicyclic) bond motifs is 2. The van der Waals surface area contributed by atoms with Crippen LogP contribution in [0, 0.1) is 17.0 Å². The lowest BCUT2D eigenvalue weighted by molar-refractivity contribution is -0.384. The van der Waals surface area contributed by atoms with Gasteiger partial charge in [-0.2, -0.15) is 0 Å². The molecule has 0 aromatic heterocycles. The Hall–Kier alpha value is -3.42. The van der Waals surface area contributed by atoms with Crippen LogP contribution in [0.5, 0.6) is 5.75 Å². The van der Waals surface area contributed by atoms with Crippen molar-refractivity contribution in [3.8, 4) is 5.75 Å². The summed E-state index contributed by atoms with van der Waals surface area (Å²) in [5.41, 5.74) is 3.21. The fourth-order valence-electron chi connectivity index (χ4n) is 3.68. The largest absolute Gasteiger partial charge is 0.482 e. The molecule has 0 fully saturated rings. The fourth-order valence-corrected chi connectivity index (χ4v) is 3.68. The van der Waals surface area contributed by atoms with Gasteiger partial charge in [0, 0.05) is 24.4 Å². The maximum atomic E-state index is 13.0. The molecular weight excluding hydrogens is 362 g/mol. The summed E-state index contributed by atoms with van der Waals surface area (Å²) in [6, 6.07) is 10.0. The van der Waals surface area contributed by atoms with Gasteiger partial charge in [0.15, 0.2) is 6.61 Å². The molecule has 4 rings (SSSR count). The highest BCUT2D eigenvalue weighted by molar-refractivity contribution is 6.06. The van der Waals surface area contributed by atoms with E-state index < -0.39 is 10.8 Å². The third-order valence-corrected chi connectivity index (χ3v) is 5.04. The van der Waals surface area contributed by atoms with Crippen LogP contribution in [0.3, 0.4) is 0 Å². The number of nitro groups is 1. The van der Waals surface area contributed by atoms with Gasteiger partial charge in [-0.05, 0) is 37.5 Å². The number of carbonyl (C=O) groups excluding carboxylic acids is 2. The highest BCUT2D eigenvalue weighted by Crippen LogP contribution is 2.36. The molecule has 2 aliphatic heterocycles. The zero-order valence-electron chi connectivity index (χ0n) is 15.4. The Bertz CT molecular complexity index is 988. The highest BCUT2D eigenvalue weighted by atomic mass is 16.6. The molecule has 0 unspecified atom stereocenters. The smallest absolute Gasteiger partial charge is 0.271 e. The highest BCUT2D eigenvalue weighted by Gasteiger charge is 2.32. The standard InChI is InChI=1S/C20H19N3O5/c1-13-4-6-16-14(9-13)3-2-8-21(16)19(24)11-22-17-10-15(23(26)27)5-7-18(17)28-12-20(22)25/h4-7,9-10H,2-3,8,11-12H2,1H3. The molecule has 28 heavy (non-hydrogen) atoms. The minimum atomic E-state index is -0.539. The molecule has 0 spiro atoms. The van der Waals surface area contributed by atoms with Crippen molar-refractivity contribution in [1.82, 2.24) is 0 Å². The minimum Gasteiger partial charge on any atom is -0.482 e. The number of hydrogen-bond donors (Lipinski definition) is 0. The number of rotatable bonds is 3. The molecule has 0 radical (unpaired) electrons. The number of amides is 2. The summed E-state index contributed by atoms with van der Waals surface area (Å²) in [6.45, 7) is 2.20. The van der Waals surface area contributed by atoms with Crippen molar-refractivity contribution < 1.29 is 19.2 Å². The topological polar surface area (TPSA) is 93.0 Å². The van der Waals surface area contributed by atoms with E-state index in [1.165, 1.54) is 23.1 Å². The molecule has 0 bridgehead atoms. The van der Waals surface area contributed by atoms with Gasteiger partial charge in [-0.25, -0.2) is 0 Å². The van der Waals surface area contributed by atoms with Gasteiger partial charge in [-0.15, -0.1) is 0 Å². The van der Waals surface area contributed by atoms with Crippen LogP contribution in [0.15, 0.2) is 36.4 Å². The van der Waals surface area contributed by atoms with Crippen molar-refractivity contribution in [3.05, 3.63) is 57.6 Å². The Labute approximate surface area is 161 Å². The first-order valence-corrected chi connectivity index (χ1v) is 9.05. The van der Waals surface area contributed by atoms with Crippen molar-refractivity contribution in [2.75, 3.05) is 29.5 Å². The third-order valence-electron chi connectivity index (χ3n) is 5.04. The predicted molar refractivity (Wildman–Crippen MR) is 103 cm³/mol. The van der Waals surface area contributed by atoms with Crippen LogP contribution < -0.4 is 14.5 Å². The zero-order chi connectivity index (χ0) is 19.8. The van der Waals surface area contributed by atoms with Gasteiger partial charge in [-0.1, -0.05) is 17.7 Å². The lowest BCUT2D eigenvalue weighted by Gasteiger charge is -2.33. The van der Waals surface area contributed by atoms with Crippen LogP contribution >= 0.6 is 0 Å².